The number of nitrogens with zero attached hydrogens (tertiary/aromatic N) is 1. The van der Waals surface area contributed by atoms with Gasteiger partial charge in [-0.15, -0.1) is 0 Å². The molecule has 4 heteroatoms. The summed E-state index contributed by atoms with van der Waals surface area (Å²) in [6.45, 7) is 9.25. The molecule has 0 saturated heterocycles. The summed E-state index contributed by atoms with van der Waals surface area (Å²) in [4.78, 5) is 12.2. The lowest BCUT2D eigenvalue weighted by molar-refractivity contribution is -0.115. The zero-order valence-corrected chi connectivity index (χ0v) is 16.0. The van der Waals surface area contributed by atoms with Gasteiger partial charge in [0.25, 0.3) is 0 Å². The van der Waals surface area contributed by atoms with Crippen molar-refractivity contribution in [3.8, 4) is 6.07 Å². The summed E-state index contributed by atoms with van der Waals surface area (Å²) >= 11 is 0. The first kappa shape index (κ1) is 19.5. The molecular formula is C22H27N3O. The van der Waals surface area contributed by atoms with Crippen LogP contribution in [0.3, 0.4) is 0 Å². The summed E-state index contributed by atoms with van der Waals surface area (Å²) in [5.74, 6) is 0.716. The quantitative estimate of drug-likeness (QED) is 0.718. The third kappa shape index (κ3) is 4.86. The summed E-state index contributed by atoms with van der Waals surface area (Å²) in [6, 6.07) is 15.5. The fourth-order valence-corrected chi connectivity index (χ4v) is 2.96. The van der Waals surface area contributed by atoms with Gasteiger partial charge in [0.15, 0.2) is 0 Å². The molecule has 136 valence electrons. The molecule has 0 atom stereocenters. The van der Waals surface area contributed by atoms with E-state index in [0.717, 1.165) is 5.69 Å². The van der Waals surface area contributed by atoms with Gasteiger partial charge < -0.3 is 10.6 Å². The van der Waals surface area contributed by atoms with Gasteiger partial charge in [0, 0.05) is 18.7 Å². The zero-order chi connectivity index (χ0) is 19.1. The highest BCUT2D eigenvalue weighted by atomic mass is 16.1. The molecule has 26 heavy (non-hydrogen) atoms. The van der Waals surface area contributed by atoms with Crippen LogP contribution in [0.2, 0.25) is 0 Å². The molecule has 0 aliphatic rings. The predicted octanol–water partition coefficient (Wildman–Crippen LogP) is 5.25. The summed E-state index contributed by atoms with van der Waals surface area (Å²) in [5, 5.41) is 15.4. The Morgan fingerprint density at radius 3 is 2.19 bits per heavy atom. The lowest BCUT2D eigenvalue weighted by Crippen LogP contribution is -2.18. The molecule has 0 heterocycles. The van der Waals surface area contributed by atoms with E-state index in [1.807, 2.05) is 6.07 Å². The Balaban J connectivity index is 2.03. The Labute approximate surface area is 156 Å². The van der Waals surface area contributed by atoms with E-state index in [4.69, 9.17) is 5.26 Å². The van der Waals surface area contributed by atoms with Crippen molar-refractivity contribution in [3.05, 3.63) is 59.2 Å². The Morgan fingerprint density at radius 2 is 1.62 bits per heavy atom. The standard InChI is InChI=1S/C22H27N3O/c1-15(2)18-9-7-10-19(16(3)4)22(18)24-13-12-21(26)25-20-11-6-5-8-17(20)14-23/h5-11,15-16,24H,12-13H2,1-4H3,(H,25,26). The van der Waals surface area contributed by atoms with Crippen molar-refractivity contribution >= 4 is 17.3 Å². The molecular weight excluding hydrogens is 322 g/mol. The molecule has 0 bridgehead atoms. The van der Waals surface area contributed by atoms with E-state index in [0.29, 0.717) is 36.1 Å². The monoisotopic (exact) mass is 349 g/mol. The number of benzene rings is 2. The van der Waals surface area contributed by atoms with E-state index in [1.165, 1.54) is 11.1 Å². The highest BCUT2D eigenvalue weighted by Crippen LogP contribution is 2.32. The summed E-state index contributed by atoms with van der Waals surface area (Å²) in [5.41, 5.74) is 4.71. The molecule has 0 aliphatic carbocycles. The number of nitriles is 1. The SMILES string of the molecule is CC(C)c1cccc(C(C)C)c1NCCC(=O)Nc1ccccc1C#N. The molecule has 0 spiro atoms. The number of amides is 1. The van der Waals surface area contributed by atoms with Crippen LogP contribution in [0.4, 0.5) is 11.4 Å². The van der Waals surface area contributed by atoms with E-state index in [9.17, 15) is 4.79 Å². The first-order valence-corrected chi connectivity index (χ1v) is 9.09. The van der Waals surface area contributed by atoms with Gasteiger partial charge in [0.1, 0.15) is 6.07 Å². The largest absolute Gasteiger partial charge is 0.384 e. The summed E-state index contributed by atoms with van der Waals surface area (Å²) in [7, 11) is 0. The van der Waals surface area contributed by atoms with Gasteiger partial charge in [0.05, 0.1) is 11.3 Å². The van der Waals surface area contributed by atoms with Crippen molar-refractivity contribution in [3.63, 3.8) is 0 Å². The highest BCUT2D eigenvalue weighted by Gasteiger charge is 2.14. The number of hydrogen-bond acceptors (Lipinski definition) is 3. The Hall–Kier alpha value is -2.80. The molecule has 4 nitrogen and oxygen atoms in total. The molecule has 2 aromatic carbocycles. The lowest BCUT2D eigenvalue weighted by Gasteiger charge is -2.21. The van der Waals surface area contributed by atoms with Gasteiger partial charge in [0.2, 0.25) is 5.91 Å². The van der Waals surface area contributed by atoms with Crippen LogP contribution in [-0.2, 0) is 4.79 Å². The Morgan fingerprint density at radius 1 is 1.00 bits per heavy atom. The van der Waals surface area contributed by atoms with Gasteiger partial charge in [-0.25, -0.2) is 0 Å². The minimum absolute atomic E-state index is 0.103. The van der Waals surface area contributed by atoms with Crippen molar-refractivity contribution in [2.75, 3.05) is 17.2 Å². The fourth-order valence-electron chi connectivity index (χ4n) is 2.96. The molecule has 0 radical (unpaired) electrons. The van der Waals surface area contributed by atoms with Crippen LogP contribution >= 0.6 is 0 Å². The van der Waals surface area contributed by atoms with E-state index in [1.54, 1.807) is 18.2 Å². The second kappa shape index (κ2) is 9.05. The molecule has 2 rings (SSSR count). The van der Waals surface area contributed by atoms with Crippen LogP contribution in [0.5, 0.6) is 0 Å². The molecule has 2 N–H and O–H groups in total. The van der Waals surface area contributed by atoms with Crippen LogP contribution in [0.1, 0.15) is 62.6 Å². The molecule has 0 aliphatic heterocycles. The zero-order valence-electron chi connectivity index (χ0n) is 16.0. The maximum absolute atomic E-state index is 12.2. The number of hydrogen-bond donors (Lipinski definition) is 2. The highest BCUT2D eigenvalue weighted by molar-refractivity contribution is 5.92. The fraction of sp³-hybridized carbons (Fsp3) is 0.364. The number of anilines is 2. The van der Waals surface area contributed by atoms with Crippen LogP contribution in [0, 0.1) is 11.3 Å². The van der Waals surface area contributed by atoms with Crippen molar-refractivity contribution in [2.45, 2.75) is 46.0 Å². The second-order valence-corrected chi connectivity index (χ2v) is 7.00. The topological polar surface area (TPSA) is 64.9 Å². The summed E-state index contributed by atoms with van der Waals surface area (Å²) < 4.78 is 0. The number of nitrogens with one attached hydrogen (secondary N) is 2. The predicted molar refractivity (Wildman–Crippen MR) is 108 cm³/mol. The maximum atomic E-state index is 12.2. The van der Waals surface area contributed by atoms with Gasteiger partial charge in [-0.05, 0) is 35.1 Å². The van der Waals surface area contributed by atoms with E-state index >= 15 is 0 Å². The Kier molecular flexibility index (Phi) is 6.80. The number of carbonyl (C=O) groups excluding carboxylic acids is 1. The van der Waals surface area contributed by atoms with Crippen molar-refractivity contribution < 1.29 is 4.79 Å². The first-order valence-electron chi connectivity index (χ1n) is 9.09. The van der Waals surface area contributed by atoms with E-state index in [2.05, 4.69) is 62.6 Å². The van der Waals surface area contributed by atoms with Crippen LogP contribution in [-0.4, -0.2) is 12.5 Å². The molecule has 0 saturated carbocycles. The molecule has 0 fully saturated rings. The second-order valence-electron chi connectivity index (χ2n) is 7.00. The minimum Gasteiger partial charge on any atom is -0.384 e. The van der Waals surface area contributed by atoms with Gasteiger partial charge >= 0.3 is 0 Å². The summed E-state index contributed by atoms with van der Waals surface area (Å²) in [6.07, 6.45) is 0.337. The third-order valence-electron chi connectivity index (χ3n) is 4.35. The molecule has 2 aromatic rings. The van der Waals surface area contributed by atoms with Crippen molar-refractivity contribution in [2.24, 2.45) is 0 Å². The minimum atomic E-state index is -0.103. The van der Waals surface area contributed by atoms with Gasteiger partial charge in [-0.2, -0.15) is 5.26 Å². The average Bonchev–Trinajstić information content (AvgIpc) is 2.61. The molecule has 0 aromatic heterocycles. The maximum Gasteiger partial charge on any atom is 0.226 e. The molecule has 0 unspecified atom stereocenters. The van der Waals surface area contributed by atoms with Gasteiger partial charge in [-0.1, -0.05) is 58.0 Å². The van der Waals surface area contributed by atoms with Crippen LogP contribution < -0.4 is 10.6 Å². The number of carbonyl (C=O) groups is 1. The number of para-hydroxylation sites is 2. The van der Waals surface area contributed by atoms with Crippen LogP contribution in [0.25, 0.3) is 0 Å². The first-order chi connectivity index (χ1) is 12.4. The lowest BCUT2D eigenvalue weighted by atomic mass is 9.92. The smallest absolute Gasteiger partial charge is 0.226 e. The van der Waals surface area contributed by atoms with Gasteiger partial charge in [-0.3, -0.25) is 4.79 Å². The molecule has 1 amide bonds. The van der Waals surface area contributed by atoms with E-state index in [-0.39, 0.29) is 5.91 Å². The van der Waals surface area contributed by atoms with Crippen molar-refractivity contribution in [1.29, 1.82) is 5.26 Å². The normalized spacial score (nSPS) is 10.7. The third-order valence-corrected chi connectivity index (χ3v) is 4.35. The van der Waals surface area contributed by atoms with E-state index < -0.39 is 0 Å². The number of rotatable bonds is 7. The average molecular weight is 349 g/mol. The Bertz CT molecular complexity index is 777. The van der Waals surface area contributed by atoms with Crippen LogP contribution in [0.15, 0.2) is 42.5 Å². The van der Waals surface area contributed by atoms with Crippen molar-refractivity contribution in [1.82, 2.24) is 0 Å².